The van der Waals surface area contributed by atoms with Gasteiger partial charge in [0, 0.05) is 43.6 Å². The third-order valence-electron chi connectivity index (χ3n) is 3.83. The topological polar surface area (TPSA) is 61.3 Å². The molecule has 1 atom stereocenters. The molecule has 1 saturated heterocycles. The number of piperidine rings is 1. The maximum Gasteiger partial charge on any atom is 0.225 e. The van der Waals surface area contributed by atoms with E-state index in [9.17, 15) is 5.11 Å². The molecule has 5 heteroatoms. The van der Waals surface area contributed by atoms with Crippen molar-refractivity contribution < 1.29 is 5.11 Å². The minimum absolute atomic E-state index is 0.351. The molecule has 0 amide bonds. The number of nitrogens with one attached hydrogen (secondary N) is 1. The number of aromatic hydroxyl groups is 1. The summed E-state index contributed by atoms with van der Waals surface area (Å²) in [5.74, 6) is 1.15. The summed E-state index contributed by atoms with van der Waals surface area (Å²) >= 11 is 0. The predicted octanol–water partition coefficient (Wildman–Crippen LogP) is 1.94. The Labute approximate surface area is 124 Å². The van der Waals surface area contributed by atoms with Crippen LogP contribution in [0.15, 0.2) is 42.7 Å². The minimum Gasteiger partial charge on any atom is -0.508 e. The van der Waals surface area contributed by atoms with E-state index < -0.39 is 0 Å². The van der Waals surface area contributed by atoms with Crippen molar-refractivity contribution in [2.24, 2.45) is 0 Å². The summed E-state index contributed by atoms with van der Waals surface area (Å²) in [6, 6.07) is 9.68. The van der Waals surface area contributed by atoms with Crippen LogP contribution in [0.4, 0.5) is 5.95 Å². The molecule has 2 N–H and O–H groups in total. The lowest BCUT2D eigenvalue weighted by atomic mass is 10.1. The summed E-state index contributed by atoms with van der Waals surface area (Å²) in [5, 5.41) is 13.3. The van der Waals surface area contributed by atoms with Gasteiger partial charge in [0.1, 0.15) is 5.75 Å². The van der Waals surface area contributed by atoms with E-state index in [-0.39, 0.29) is 0 Å². The molecular formula is C16H20N4O. The Morgan fingerprint density at radius 1 is 1.19 bits per heavy atom. The third kappa shape index (κ3) is 3.49. The first-order valence-corrected chi connectivity index (χ1v) is 7.35. The molecule has 3 rings (SSSR count). The Hall–Kier alpha value is -2.14. The Morgan fingerprint density at radius 3 is 2.81 bits per heavy atom. The molecule has 1 aliphatic heterocycles. The summed E-state index contributed by atoms with van der Waals surface area (Å²) in [4.78, 5) is 10.8. The van der Waals surface area contributed by atoms with Gasteiger partial charge in [-0.25, -0.2) is 9.97 Å². The predicted molar refractivity (Wildman–Crippen MR) is 82.2 cm³/mol. The quantitative estimate of drug-likeness (QED) is 0.898. The zero-order chi connectivity index (χ0) is 14.5. The zero-order valence-corrected chi connectivity index (χ0v) is 11.9. The molecule has 0 aliphatic carbocycles. The number of hydrogen-bond acceptors (Lipinski definition) is 5. The molecule has 1 aromatic carbocycles. The highest BCUT2D eigenvalue weighted by Gasteiger charge is 2.21. The van der Waals surface area contributed by atoms with Crippen molar-refractivity contribution in [2.75, 3.05) is 18.0 Å². The van der Waals surface area contributed by atoms with E-state index in [1.165, 1.54) is 0 Å². The van der Waals surface area contributed by atoms with Gasteiger partial charge in [-0.1, -0.05) is 18.2 Å². The van der Waals surface area contributed by atoms with Crippen molar-refractivity contribution in [3.05, 3.63) is 48.3 Å². The molecule has 110 valence electrons. The van der Waals surface area contributed by atoms with Crippen LogP contribution < -0.4 is 10.2 Å². The number of phenols is 1. The average Bonchev–Trinajstić information content (AvgIpc) is 2.55. The van der Waals surface area contributed by atoms with Crippen LogP contribution in [0.5, 0.6) is 5.75 Å². The molecule has 1 aromatic heterocycles. The number of nitrogens with zero attached hydrogens (tertiary/aromatic N) is 3. The molecule has 21 heavy (non-hydrogen) atoms. The van der Waals surface area contributed by atoms with E-state index in [1.54, 1.807) is 18.5 Å². The second-order valence-corrected chi connectivity index (χ2v) is 5.34. The minimum atomic E-state index is 0.351. The van der Waals surface area contributed by atoms with Gasteiger partial charge in [0.15, 0.2) is 0 Å². The first-order chi connectivity index (χ1) is 10.3. The highest BCUT2D eigenvalue weighted by Crippen LogP contribution is 2.18. The van der Waals surface area contributed by atoms with Crippen molar-refractivity contribution in [1.29, 1.82) is 0 Å². The lowest BCUT2D eigenvalue weighted by Crippen LogP contribution is -2.46. The Bertz CT molecular complexity index is 575. The van der Waals surface area contributed by atoms with Gasteiger partial charge in [0.05, 0.1) is 0 Å². The van der Waals surface area contributed by atoms with Crippen LogP contribution in [0.2, 0.25) is 0 Å². The Morgan fingerprint density at radius 2 is 2.00 bits per heavy atom. The van der Waals surface area contributed by atoms with Gasteiger partial charge in [-0.3, -0.25) is 0 Å². The van der Waals surface area contributed by atoms with Crippen LogP contribution in [0.3, 0.4) is 0 Å². The summed E-state index contributed by atoms with van der Waals surface area (Å²) in [5.41, 5.74) is 0.936. The second kappa shape index (κ2) is 6.54. The summed E-state index contributed by atoms with van der Waals surface area (Å²) in [7, 11) is 0. The van der Waals surface area contributed by atoms with Gasteiger partial charge in [-0.2, -0.15) is 0 Å². The van der Waals surface area contributed by atoms with Gasteiger partial charge in [0.2, 0.25) is 5.95 Å². The van der Waals surface area contributed by atoms with Crippen LogP contribution in [0.25, 0.3) is 0 Å². The maximum absolute atomic E-state index is 9.80. The number of phenolic OH excluding ortho intramolecular Hbond substituents is 1. The van der Waals surface area contributed by atoms with Gasteiger partial charge in [-0.15, -0.1) is 0 Å². The first-order valence-electron chi connectivity index (χ1n) is 7.35. The highest BCUT2D eigenvalue weighted by atomic mass is 16.3. The van der Waals surface area contributed by atoms with Crippen LogP contribution in [0, 0.1) is 0 Å². The normalized spacial score (nSPS) is 18.7. The van der Waals surface area contributed by atoms with Gasteiger partial charge in [-0.05, 0) is 25.0 Å². The molecule has 0 spiro atoms. The SMILES string of the molecule is Oc1ccccc1CNC1CCCN(c2ncccn2)C1. The lowest BCUT2D eigenvalue weighted by Gasteiger charge is -2.33. The number of benzene rings is 1. The first kappa shape index (κ1) is 13.8. The number of anilines is 1. The van der Waals surface area contributed by atoms with Crippen LogP contribution in [-0.2, 0) is 6.54 Å². The Balaban J connectivity index is 1.58. The average molecular weight is 284 g/mol. The van der Waals surface area contributed by atoms with Crippen molar-refractivity contribution in [3.8, 4) is 5.75 Å². The van der Waals surface area contributed by atoms with E-state index in [0.717, 1.165) is 37.4 Å². The van der Waals surface area contributed by atoms with Gasteiger partial charge >= 0.3 is 0 Å². The molecule has 1 aliphatic rings. The standard InChI is InChI=1S/C16H20N4O/c21-15-7-2-1-5-13(15)11-19-14-6-3-10-20(12-14)16-17-8-4-9-18-16/h1-2,4-5,7-9,14,19,21H,3,6,10-12H2. The maximum atomic E-state index is 9.80. The molecule has 2 aromatic rings. The molecular weight excluding hydrogens is 264 g/mol. The fourth-order valence-electron chi connectivity index (χ4n) is 2.69. The molecule has 1 fully saturated rings. The molecule has 0 radical (unpaired) electrons. The fraction of sp³-hybridized carbons (Fsp3) is 0.375. The van der Waals surface area contributed by atoms with Gasteiger partial charge in [0.25, 0.3) is 0 Å². The highest BCUT2D eigenvalue weighted by molar-refractivity contribution is 5.32. The number of rotatable bonds is 4. The monoisotopic (exact) mass is 284 g/mol. The van der Waals surface area contributed by atoms with Gasteiger partial charge < -0.3 is 15.3 Å². The second-order valence-electron chi connectivity index (χ2n) is 5.34. The summed E-state index contributed by atoms with van der Waals surface area (Å²) in [6.07, 6.45) is 5.82. The third-order valence-corrected chi connectivity index (χ3v) is 3.83. The molecule has 5 nitrogen and oxygen atoms in total. The number of para-hydroxylation sites is 1. The van der Waals surface area contributed by atoms with Crippen molar-refractivity contribution in [2.45, 2.75) is 25.4 Å². The molecule has 1 unspecified atom stereocenters. The van der Waals surface area contributed by atoms with Crippen LogP contribution in [0.1, 0.15) is 18.4 Å². The number of hydrogen-bond donors (Lipinski definition) is 2. The molecule has 0 saturated carbocycles. The summed E-state index contributed by atoms with van der Waals surface area (Å²) < 4.78 is 0. The van der Waals surface area contributed by atoms with E-state index in [4.69, 9.17) is 0 Å². The van der Waals surface area contributed by atoms with E-state index in [2.05, 4.69) is 20.2 Å². The smallest absolute Gasteiger partial charge is 0.225 e. The van der Waals surface area contributed by atoms with E-state index in [1.807, 2.05) is 24.3 Å². The lowest BCUT2D eigenvalue weighted by molar-refractivity contribution is 0.410. The van der Waals surface area contributed by atoms with Crippen molar-refractivity contribution in [3.63, 3.8) is 0 Å². The molecule has 0 bridgehead atoms. The summed E-state index contributed by atoms with van der Waals surface area (Å²) in [6.45, 7) is 2.58. The van der Waals surface area contributed by atoms with E-state index >= 15 is 0 Å². The van der Waals surface area contributed by atoms with E-state index in [0.29, 0.717) is 18.3 Å². The van der Waals surface area contributed by atoms with Crippen molar-refractivity contribution in [1.82, 2.24) is 15.3 Å². The van der Waals surface area contributed by atoms with Crippen LogP contribution >= 0.6 is 0 Å². The fourth-order valence-corrected chi connectivity index (χ4v) is 2.69. The Kier molecular flexibility index (Phi) is 4.31. The zero-order valence-electron chi connectivity index (χ0n) is 11.9. The largest absolute Gasteiger partial charge is 0.508 e. The molecule has 2 heterocycles. The van der Waals surface area contributed by atoms with Crippen molar-refractivity contribution >= 4 is 5.95 Å². The number of aromatic nitrogens is 2. The van der Waals surface area contributed by atoms with Crippen LogP contribution in [-0.4, -0.2) is 34.2 Å².